The zero-order valence-corrected chi connectivity index (χ0v) is 13.4. The summed E-state index contributed by atoms with van der Waals surface area (Å²) in [6.45, 7) is 6.85. The smallest absolute Gasteiger partial charge is 0.0366 e. The molecule has 2 nitrogen and oxygen atoms in total. The zero-order chi connectivity index (χ0) is 15.2. The van der Waals surface area contributed by atoms with Gasteiger partial charge in [-0.05, 0) is 42.5 Å². The molecule has 0 aliphatic carbocycles. The summed E-state index contributed by atoms with van der Waals surface area (Å²) in [5, 5.41) is 3.67. The molecule has 1 aliphatic rings. The van der Waals surface area contributed by atoms with Crippen molar-refractivity contribution in [2.24, 2.45) is 5.92 Å². The van der Waals surface area contributed by atoms with Crippen LogP contribution in [0.5, 0.6) is 0 Å². The van der Waals surface area contributed by atoms with Crippen LogP contribution in [-0.4, -0.2) is 26.2 Å². The van der Waals surface area contributed by atoms with Crippen molar-refractivity contribution in [3.05, 3.63) is 66.2 Å². The van der Waals surface area contributed by atoms with Gasteiger partial charge in [-0.15, -0.1) is 0 Å². The summed E-state index contributed by atoms with van der Waals surface area (Å²) < 4.78 is 0. The second-order valence-corrected chi connectivity index (χ2v) is 6.41. The summed E-state index contributed by atoms with van der Waals surface area (Å²) in [4.78, 5) is 2.51. The Morgan fingerprint density at radius 2 is 1.73 bits per heavy atom. The Hall–Kier alpha value is -1.80. The lowest BCUT2D eigenvalue weighted by atomic mass is 10.0. The maximum Gasteiger partial charge on any atom is 0.0366 e. The molecule has 2 heteroatoms. The quantitative estimate of drug-likeness (QED) is 0.869. The van der Waals surface area contributed by atoms with Crippen molar-refractivity contribution in [3.8, 4) is 0 Å². The van der Waals surface area contributed by atoms with Crippen molar-refractivity contribution < 1.29 is 0 Å². The number of anilines is 1. The van der Waals surface area contributed by atoms with Crippen molar-refractivity contribution in [2.45, 2.75) is 19.3 Å². The molecule has 0 saturated carbocycles. The monoisotopic (exact) mass is 294 g/mol. The van der Waals surface area contributed by atoms with Gasteiger partial charge in [0, 0.05) is 25.3 Å². The molecule has 0 aromatic heterocycles. The van der Waals surface area contributed by atoms with Gasteiger partial charge in [-0.2, -0.15) is 0 Å². The second-order valence-electron chi connectivity index (χ2n) is 6.41. The molecule has 1 saturated heterocycles. The van der Waals surface area contributed by atoms with Gasteiger partial charge < -0.3 is 10.2 Å². The third-order valence-electron chi connectivity index (χ3n) is 4.66. The summed E-state index contributed by atoms with van der Waals surface area (Å²) >= 11 is 0. The lowest BCUT2D eigenvalue weighted by Gasteiger charge is -2.19. The van der Waals surface area contributed by atoms with E-state index in [1.807, 2.05) is 0 Å². The lowest BCUT2D eigenvalue weighted by Crippen LogP contribution is -2.28. The third kappa shape index (κ3) is 3.89. The van der Waals surface area contributed by atoms with Crippen molar-refractivity contribution in [1.29, 1.82) is 0 Å². The molecule has 2 unspecified atom stereocenters. The zero-order valence-electron chi connectivity index (χ0n) is 13.4. The third-order valence-corrected chi connectivity index (χ3v) is 4.66. The fourth-order valence-electron chi connectivity index (χ4n) is 3.28. The van der Waals surface area contributed by atoms with E-state index in [-0.39, 0.29) is 0 Å². The molecule has 2 aromatic carbocycles. The molecule has 116 valence electrons. The topological polar surface area (TPSA) is 15.3 Å². The summed E-state index contributed by atoms with van der Waals surface area (Å²) in [6, 6.07) is 21.6. The van der Waals surface area contributed by atoms with E-state index >= 15 is 0 Å². The Kier molecular flexibility index (Phi) is 5.12. The molecule has 0 spiro atoms. The highest BCUT2D eigenvalue weighted by molar-refractivity contribution is 5.46. The van der Waals surface area contributed by atoms with Crippen molar-refractivity contribution in [3.63, 3.8) is 0 Å². The minimum atomic E-state index is 0.577. The normalized spacial score (nSPS) is 19.3. The predicted octanol–water partition coefficient (Wildman–Crippen LogP) is 3.91. The molecule has 0 amide bonds. The van der Waals surface area contributed by atoms with Crippen molar-refractivity contribution in [2.75, 3.05) is 31.1 Å². The van der Waals surface area contributed by atoms with Gasteiger partial charge in [0.05, 0.1) is 0 Å². The molecule has 0 bridgehead atoms. The van der Waals surface area contributed by atoms with Crippen LogP contribution in [-0.2, 0) is 0 Å². The fraction of sp³-hybridized carbons (Fsp3) is 0.400. The molecular weight excluding hydrogens is 268 g/mol. The fourth-order valence-corrected chi connectivity index (χ4v) is 3.28. The molecule has 1 heterocycles. The van der Waals surface area contributed by atoms with E-state index < -0.39 is 0 Å². The number of para-hydroxylation sites is 1. The molecular formula is C20H26N2. The van der Waals surface area contributed by atoms with Gasteiger partial charge in [-0.3, -0.25) is 0 Å². The number of nitrogens with zero attached hydrogens (tertiary/aromatic N) is 1. The van der Waals surface area contributed by atoms with Crippen LogP contribution in [0.25, 0.3) is 0 Å². The predicted molar refractivity (Wildman–Crippen MR) is 94.5 cm³/mol. The molecule has 1 aliphatic heterocycles. The van der Waals surface area contributed by atoms with Gasteiger partial charge in [0.15, 0.2) is 0 Å². The standard InChI is InChI=1S/C20H26N2/c1-17(19-8-4-2-5-9-19)14-21-15-18-12-13-22(16-18)20-10-6-3-7-11-20/h2-11,17-18,21H,12-16H2,1H3. The number of nitrogens with one attached hydrogen (secondary N) is 1. The van der Waals surface area contributed by atoms with Gasteiger partial charge >= 0.3 is 0 Å². The summed E-state index contributed by atoms with van der Waals surface area (Å²) in [5.74, 6) is 1.34. The largest absolute Gasteiger partial charge is 0.371 e. The first-order valence-corrected chi connectivity index (χ1v) is 8.38. The molecule has 0 radical (unpaired) electrons. The maximum absolute atomic E-state index is 3.67. The van der Waals surface area contributed by atoms with Gasteiger partial charge in [0.2, 0.25) is 0 Å². The van der Waals surface area contributed by atoms with E-state index in [0.717, 1.165) is 19.0 Å². The second kappa shape index (κ2) is 7.46. The van der Waals surface area contributed by atoms with E-state index in [1.165, 1.54) is 30.8 Å². The molecule has 1 N–H and O–H groups in total. The summed E-state index contributed by atoms with van der Waals surface area (Å²) in [5.41, 5.74) is 2.79. The van der Waals surface area contributed by atoms with Crippen LogP contribution in [0, 0.1) is 5.92 Å². The van der Waals surface area contributed by atoms with E-state index in [4.69, 9.17) is 0 Å². The number of hydrogen-bond acceptors (Lipinski definition) is 2. The first-order chi connectivity index (χ1) is 10.8. The number of hydrogen-bond donors (Lipinski definition) is 1. The van der Waals surface area contributed by atoms with Gasteiger partial charge in [-0.1, -0.05) is 55.5 Å². The van der Waals surface area contributed by atoms with Crippen LogP contribution in [0.2, 0.25) is 0 Å². The highest BCUT2D eigenvalue weighted by atomic mass is 15.2. The average Bonchev–Trinajstić information content (AvgIpc) is 3.05. The summed E-state index contributed by atoms with van der Waals surface area (Å²) in [6.07, 6.45) is 1.29. The first-order valence-electron chi connectivity index (χ1n) is 8.38. The van der Waals surface area contributed by atoms with Crippen LogP contribution >= 0.6 is 0 Å². The van der Waals surface area contributed by atoms with Gasteiger partial charge in [0.25, 0.3) is 0 Å². The van der Waals surface area contributed by atoms with Crippen LogP contribution in [0.3, 0.4) is 0 Å². The molecule has 3 rings (SSSR count). The maximum atomic E-state index is 3.67. The van der Waals surface area contributed by atoms with Crippen LogP contribution in [0.1, 0.15) is 24.8 Å². The Morgan fingerprint density at radius 3 is 2.45 bits per heavy atom. The van der Waals surface area contributed by atoms with E-state index in [9.17, 15) is 0 Å². The molecule has 2 aromatic rings. The van der Waals surface area contributed by atoms with Crippen LogP contribution < -0.4 is 10.2 Å². The average molecular weight is 294 g/mol. The van der Waals surface area contributed by atoms with Gasteiger partial charge in [0.1, 0.15) is 0 Å². The Bertz CT molecular complexity index is 552. The van der Waals surface area contributed by atoms with E-state index in [1.54, 1.807) is 0 Å². The van der Waals surface area contributed by atoms with Crippen molar-refractivity contribution in [1.82, 2.24) is 5.32 Å². The lowest BCUT2D eigenvalue weighted by molar-refractivity contribution is 0.500. The Labute approximate surface area is 134 Å². The van der Waals surface area contributed by atoms with Crippen LogP contribution in [0.4, 0.5) is 5.69 Å². The number of benzene rings is 2. The SMILES string of the molecule is CC(CNCC1CCN(c2ccccc2)C1)c1ccccc1. The Balaban J connectivity index is 1.42. The minimum Gasteiger partial charge on any atom is -0.371 e. The molecule has 2 atom stereocenters. The highest BCUT2D eigenvalue weighted by Gasteiger charge is 2.22. The van der Waals surface area contributed by atoms with Gasteiger partial charge in [-0.25, -0.2) is 0 Å². The minimum absolute atomic E-state index is 0.577. The molecule has 22 heavy (non-hydrogen) atoms. The number of rotatable bonds is 6. The van der Waals surface area contributed by atoms with Crippen LogP contribution in [0.15, 0.2) is 60.7 Å². The van der Waals surface area contributed by atoms with E-state index in [2.05, 4.69) is 77.8 Å². The summed E-state index contributed by atoms with van der Waals surface area (Å²) in [7, 11) is 0. The van der Waals surface area contributed by atoms with E-state index in [0.29, 0.717) is 5.92 Å². The highest BCUT2D eigenvalue weighted by Crippen LogP contribution is 2.23. The van der Waals surface area contributed by atoms with Crippen molar-refractivity contribution >= 4 is 5.69 Å². The first kappa shape index (κ1) is 15.1. The molecule has 1 fully saturated rings. The Morgan fingerprint density at radius 1 is 1.05 bits per heavy atom.